The van der Waals surface area contributed by atoms with Crippen molar-refractivity contribution in [3.63, 3.8) is 0 Å². The van der Waals surface area contributed by atoms with Crippen LogP contribution in [0.3, 0.4) is 0 Å². The van der Waals surface area contributed by atoms with Crippen LogP contribution in [0.25, 0.3) is 11.0 Å². The van der Waals surface area contributed by atoms with Crippen molar-refractivity contribution >= 4 is 22.6 Å². The lowest BCUT2D eigenvalue weighted by molar-refractivity contribution is -0.151. The van der Waals surface area contributed by atoms with Crippen molar-refractivity contribution < 1.29 is 28.9 Å². The number of benzene rings is 2. The molecule has 52 heavy (non-hydrogen) atoms. The second-order valence-electron chi connectivity index (χ2n) is 14.2. The van der Waals surface area contributed by atoms with Crippen LogP contribution in [0.2, 0.25) is 0 Å². The van der Waals surface area contributed by atoms with Crippen molar-refractivity contribution in [2.45, 2.75) is 65.6 Å². The topological polar surface area (TPSA) is 166 Å². The molecule has 14 nitrogen and oxygen atoms in total. The van der Waals surface area contributed by atoms with Gasteiger partial charge in [0.1, 0.15) is 5.69 Å². The number of nitrogens with zero attached hydrogens (tertiary/aromatic N) is 5. The van der Waals surface area contributed by atoms with Crippen molar-refractivity contribution in [3.8, 4) is 23.0 Å². The van der Waals surface area contributed by atoms with Gasteiger partial charge in [-0.25, -0.2) is 28.5 Å². The van der Waals surface area contributed by atoms with Crippen LogP contribution in [0.15, 0.2) is 67.5 Å². The third-order valence-electron chi connectivity index (χ3n) is 12.0. The number of ether oxygens (including phenoxy) is 3. The third kappa shape index (κ3) is 4.55. The minimum Gasteiger partial charge on any atom is -0.504 e. The molecule has 0 spiro atoms. The molecule has 1 aliphatic heterocycles. The van der Waals surface area contributed by atoms with Crippen LogP contribution in [0, 0.1) is 10.8 Å². The molecule has 0 bridgehead atoms. The van der Waals surface area contributed by atoms with Gasteiger partial charge in [-0.1, -0.05) is 26.0 Å². The number of methoxy groups -OCH3 is 3. The molecule has 3 aliphatic rings. The molecule has 0 amide bonds. The Hall–Kier alpha value is -5.66. The van der Waals surface area contributed by atoms with E-state index in [1.807, 2.05) is 6.08 Å². The van der Waals surface area contributed by atoms with E-state index in [-0.39, 0.29) is 60.2 Å². The Morgan fingerprint density at radius 1 is 0.885 bits per heavy atom. The van der Waals surface area contributed by atoms with Crippen molar-refractivity contribution in [3.05, 3.63) is 95.7 Å². The average molecular weight is 712 g/mol. The summed E-state index contributed by atoms with van der Waals surface area (Å²) < 4.78 is 21.3. The highest BCUT2D eigenvalue weighted by Gasteiger charge is 2.66. The zero-order valence-electron chi connectivity index (χ0n) is 30.4. The number of hydrogen-bond donors (Lipinski definition) is 1. The summed E-state index contributed by atoms with van der Waals surface area (Å²) in [5.41, 5.74) is -0.929. The second-order valence-corrected chi connectivity index (χ2v) is 14.2. The Labute approximate surface area is 298 Å². The zero-order valence-corrected chi connectivity index (χ0v) is 30.4. The number of phenolic OH excluding ortho intramolecular Hbond substituents is 1. The Morgan fingerprint density at radius 2 is 1.54 bits per heavy atom. The van der Waals surface area contributed by atoms with Gasteiger partial charge in [-0.15, -0.1) is 0 Å². The highest BCUT2D eigenvalue weighted by molar-refractivity contribution is 6.17. The average Bonchev–Trinajstić information content (AvgIpc) is 3.38. The summed E-state index contributed by atoms with van der Waals surface area (Å²) in [4.78, 5) is 75.0. The fraction of sp³-hybridized carbons (Fsp3) is 0.421. The normalized spacial score (nSPS) is 24.0. The molecule has 2 aliphatic carbocycles. The number of aromatic hydroxyl groups is 1. The number of hydrogen-bond acceptors (Lipinski definition) is 10. The van der Waals surface area contributed by atoms with Gasteiger partial charge in [-0.2, -0.15) is 0 Å². The van der Waals surface area contributed by atoms with Gasteiger partial charge in [-0.3, -0.25) is 14.4 Å². The number of fused-ring (bicyclic) bond motifs is 5. The van der Waals surface area contributed by atoms with Crippen LogP contribution < -0.4 is 31.1 Å². The first-order valence-electron chi connectivity index (χ1n) is 17.0. The number of rotatable bonds is 7. The molecule has 4 atom stereocenters. The predicted octanol–water partition coefficient (Wildman–Crippen LogP) is 3.20. The van der Waals surface area contributed by atoms with Crippen molar-refractivity contribution in [1.82, 2.24) is 23.5 Å². The monoisotopic (exact) mass is 711 g/mol. The summed E-state index contributed by atoms with van der Waals surface area (Å²) >= 11 is 0. The first-order valence-corrected chi connectivity index (χ1v) is 17.0. The summed E-state index contributed by atoms with van der Waals surface area (Å²) in [5, 5.41) is 10.9. The maximum atomic E-state index is 14.4. The van der Waals surface area contributed by atoms with Crippen molar-refractivity contribution in [2.24, 2.45) is 17.9 Å². The Kier molecular flexibility index (Phi) is 8.00. The molecule has 0 unspecified atom stereocenters. The van der Waals surface area contributed by atoms with Crippen molar-refractivity contribution in [1.29, 1.82) is 0 Å². The van der Waals surface area contributed by atoms with E-state index in [1.54, 1.807) is 59.0 Å². The SMILES string of the molecule is COc1ccc([C@H]2C3=CCn4c(=O)n(CCc5nc6cc(OC)c(OC)cc6n(C)c5=O)c(=O)n4[C@@H]3C[C@@]3(C)C(=O)C(C)=C(C)C(=O)[C@@]23C)cc1O. The summed E-state index contributed by atoms with van der Waals surface area (Å²) in [6.45, 7) is 6.78. The molecule has 1 N–H and O–H groups in total. The lowest BCUT2D eigenvalue weighted by atomic mass is 9.43. The highest BCUT2D eigenvalue weighted by Crippen LogP contribution is 2.66. The number of Topliss-reactive ketones (excluding diaryl/α,β-unsaturated/α-hetero) is 2. The van der Waals surface area contributed by atoms with Crippen LogP contribution in [-0.4, -0.2) is 61.5 Å². The molecular weight excluding hydrogens is 670 g/mol. The molecule has 7 rings (SSSR count). The minimum atomic E-state index is -1.28. The molecule has 14 heteroatoms. The fourth-order valence-corrected chi connectivity index (χ4v) is 8.79. The van der Waals surface area contributed by atoms with E-state index in [2.05, 4.69) is 4.98 Å². The maximum Gasteiger partial charge on any atom is 0.347 e. The molecule has 2 aromatic heterocycles. The molecule has 1 saturated carbocycles. The Balaban J connectivity index is 1.33. The number of phenols is 1. The predicted molar refractivity (Wildman–Crippen MR) is 190 cm³/mol. The number of aromatic nitrogens is 5. The van der Waals surface area contributed by atoms with E-state index in [4.69, 9.17) is 14.2 Å². The number of aryl methyl sites for hydroxylation is 2. The van der Waals surface area contributed by atoms with Crippen LogP contribution in [0.1, 0.15) is 57.3 Å². The van der Waals surface area contributed by atoms with E-state index in [1.165, 1.54) is 41.3 Å². The quantitative estimate of drug-likeness (QED) is 0.282. The lowest BCUT2D eigenvalue weighted by Gasteiger charge is -2.58. The molecule has 4 aromatic rings. The molecule has 2 aromatic carbocycles. The number of carbonyl (C=O) groups is 2. The zero-order chi connectivity index (χ0) is 37.6. The third-order valence-corrected chi connectivity index (χ3v) is 12.0. The summed E-state index contributed by atoms with van der Waals surface area (Å²) in [7, 11) is 6.04. The lowest BCUT2D eigenvalue weighted by Crippen LogP contribution is -2.61. The largest absolute Gasteiger partial charge is 0.504 e. The van der Waals surface area contributed by atoms with E-state index >= 15 is 0 Å². The second kappa shape index (κ2) is 12.0. The van der Waals surface area contributed by atoms with Gasteiger partial charge < -0.3 is 23.9 Å². The smallest absolute Gasteiger partial charge is 0.347 e. The molecule has 0 saturated heterocycles. The van der Waals surface area contributed by atoms with Gasteiger partial charge >= 0.3 is 11.4 Å². The van der Waals surface area contributed by atoms with Crippen molar-refractivity contribution in [2.75, 3.05) is 21.3 Å². The maximum absolute atomic E-state index is 14.4. The van der Waals surface area contributed by atoms with Crippen LogP contribution in [-0.2, 0) is 36.1 Å². The van der Waals surface area contributed by atoms with Crippen LogP contribution >= 0.6 is 0 Å². The Bertz CT molecular complexity index is 2480. The van der Waals surface area contributed by atoms with E-state index in [9.17, 15) is 29.1 Å². The van der Waals surface area contributed by atoms with E-state index in [0.29, 0.717) is 44.8 Å². The molecular formula is C38H41N5O9. The Morgan fingerprint density at radius 3 is 2.19 bits per heavy atom. The molecule has 3 heterocycles. The summed E-state index contributed by atoms with van der Waals surface area (Å²) in [6, 6.07) is 7.46. The number of allylic oxidation sites excluding steroid dienone is 4. The first kappa shape index (κ1) is 34.8. The minimum absolute atomic E-state index is 0.0130. The van der Waals surface area contributed by atoms with Gasteiger partial charge in [-0.05, 0) is 54.7 Å². The summed E-state index contributed by atoms with van der Waals surface area (Å²) in [5.74, 6) is -0.121. The van der Waals surface area contributed by atoms with E-state index in [0.717, 1.165) is 4.57 Å². The standard InChI is InChI=1S/C38H41N5O9/c1-19-20(2)33(46)38(4)31(21-9-10-28(50-6)27(44)15-21)22-11-14-42-35(48)41(36(49)43(42)26(22)18-37(38,3)32(19)45)13-12-23-34(47)40(5)25-17-30(52-8)29(51-7)16-24(25)39-23/h9-11,15-17,26,31,44H,12-14,18H2,1-8H3/t26-,31+,37+,38-/m1/s1. The fourth-order valence-electron chi connectivity index (χ4n) is 8.79. The van der Waals surface area contributed by atoms with Crippen LogP contribution in [0.4, 0.5) is 0 Å². The number of ketones is 2. The van der Waals surface area contributed by atoms with Gasteiger partial charge in [0.2, 0.25) is 0 Å². The molecule has 272 valence electrons. The number of carbonyl (C=O) groups excluding carboxylic acids is 2. The molecule has 1 fully saturated rings. The van der Waals surface area contributed by atoms with Crippen LogP contribution in [0.5, 0.6) is 23.0 Å². The van der Waals surface area contributed by atoms with Gasteiger partial charge in [0.25, 0.3) is 5.56 Å². The molecule has 0 radical (unpaired) electrons. The summed E-state index contributed by atoms with van der Waals surface area (Å²) in [6.07, 6.45) is 1.93. The highest BCUT2D eigenvalue weighted by atomic mass is 16.5. The van der Waals surface area contributed by atoms with Gasteiger partial charge in [0.05, 0.1) is 50.4 Å². The van der Waals surface area contributed by atoms with Gasteiger partial charge in [0.15, 0.2) is 34.6 Å². The van der Waals surface area contributed by atoms with E-state index < -0.39 is 34.2 Å². The van der Waals surface area contributed by atoms with Gasteiger partial charge in [0, 0.05) is 43.5 Å². The first-order chi connectivity index (χ1) is 24.6.